The first kappa shape index (κ1) is 11.8. The molecule has 1 aliphatic rings. The second-order valence-corrected chi connectivity index (χ2v) is 3.68. The monoisotopic (exact) mass is 215 g/mol. The molecule has 15 heavy (non-hydrogen) atoms. The van der Waals surface area contributed by atoms with Gasteiger partial charge in [-0.15, -0.1) is 0 Å². The summed E-state index contributed by atoms with van der Waals surface area (Å²) in [6, 6.07) is -0.404. The predicted molar refractivity (Wildman–Crippen MR) is 54.1 cm³/mol. The second kappa shape index (κ2) is 4.97. The van der Waals surface area contributed by atoms with Gasteiger partial charge in [0.1, 0.15) is 0 Å². The van der Waals surface area contributed by atoms with E-state index in [9.17, 15) is 9.59 Å². The van der Waals surface area contributed by atoms with Gasteiger partial charge in [0.15, 0.2) is 0 Å². The van der Waals surface area contributed by atoms with E-state index in [4.69, 9.17) is 5.73 Å². The summed E-state index contributed by atoms with van der Waals surface area (Å²) < 4.78 is 4.67. The fourth-order valence-corrected chi connectivity index (χ4v) is 1.83. The molecule has 1 heterocycles. The summed E-state index contributed by atoms with van der Waals surface area (Å²) in [6.45, 7) is 0.888. The lowest BCUT2D eigenvalue weighted by molar-refractivity contribution is -0.147. The molecule has 1 rings (SSSR count). The molecule has 3 N–H and O–H groups in total. The highest BCUT2D eigenvalue weighted by molar-refractivity contribution is 5.76. The number of piperidine rings is 1. The Hall–Kier alpha value is -1.30. The van der Waals surface area contributed by atoms with Gasteiger partial charge in [-0.2, -0.15) is 0 Å². The number of nitrogens with one attached hydrogen (secondary N) is 1. The number of methoxy groups -OCH3 is 1. The lowest BCUT2D eigenvalue weighted by Gasteiger charge is -2.35. The lowest BCUT2D eigenvalue weighted by atomic mass is 9.94. The van der Waals surface area contributed by atoms with E-state index in [1.165, 1.54) is 12.0 Å². The first-order valence-corrected chi connectivity index (χ1v) is 4.88. The van der Waals surface area contributed by atoms with E-state index < -0.39 is 6.03 Å². The number of carbonyl (C=O) groups excluding carboxylic acids is 2. The molecule has 0 spiro atoms. The van der Waals surface area contributed by atoms with Crippen molar-refractivity contribution >= 4 is 12.0 Å². The van der Waals surface area contributed by atoms with Crippen molar-refractivity contribution in [3.05, 3.63) is 0 Å². The van der Waals surface area contributed by atoms with Crippen molar-refractivity contribution in [3.8, 4) is 0 Å². The summed E-state index contributed by atoms with van der Waals surface area (Å²) in [7, 11) is 3.14. The van der Waals surface area contributed by atoms with Gasteiger partial charge in [-0.05, 0) is 13.5 Å². The molecule has 0 aromatic heterocycles. The Labute approximate surface area is 88.7 Å². The summed E-state index contributed by atoms with van der Waals surface area (Å²) in [5.74, 6) is -0.574. The minimum absolute atomic E-state index is 0.0929. The standard InChI is InChI=1S/C9H17N3O3/c1-11-7-3-6(8(13)15-2)4-12(5-7)9(10)14/h6-7,11H,3-5H2,1-2H3,(H2,10,14). The Morgan fingerprint density at radius 2 is 2.13 bits per heavy atom. The van der Waals surface area contributed by atoms with Gasteiger partial charge in [0, 0.05) is 19.1 Å². The highest BCUT2D eigenvalue weighted by atomic mass is 16.5. The van der Waals surface area contributed by atoms with E-state index in [-0.39, 0.29) is 17.9 Å². The number of nitrogens with two attached hydrogens (primary N) is 1. The molecule has 0 aliphatic carbocycles. The highest BCUT2D eigenvalue weighted by Crippen LogP contribution is 2.17. The van der Waals surface area contributed by atoms with Gasteiger partial charge in [0.25, 0.3) is 0 Å². The molecule has 1 aliphatic heterocycles. The van der Waals surface area contributed by atoms with E-state index in [0.717, 1.165) is 0 Å². The molecule has 0 aromatic carbocycles. The van der Waals surface area contributed by atoms with Crippen molar-refractivity contribution in [2.75, 3.05) is 27.2 Å². The molecule has 2 atom stereocenters. The van der Waals surface area contributed by atoms with Crippen LogP contribution in [0.25, 0.3) is 0 Å². The number of nitrogens with zero attached hydrogens (tertiary/aromatic N) is 1. The number of likely N-dealkylation sites (tertiary alicyclic amines) is 1. The minimum Gasteiger partial charge on any atom is -0.469 e. The first-order valence-electron chi connectivity index (χ1n) is 4.88. The van der Waals surface area contributed by atoms with Crippen LogP contribution >= 0.6 is 0 Å². The third kappa shape index (κ3) is 2.82. The number of ether oxygens (including phenoxy) is 1. The number of primary amides is 1. The quantitative estimate of drug-likeness (QED) is 0.587. The van der Waals surface area contributed by atoms with Gasteiger partial charge in [0.2, 0.25) is 0 Å². The molecule has 6 heteroatoms. The molecule has 1 saturated heterocycles. The van der Waals surface area contributed by atoms with Crippen molar-refractivity contribution in [3.63, 3.8) is 0 Å². The minimum atomic E-state index is -0.496. The molecular weight excluding hydrogens is 198 g/mol. The van der Waals surface area contributed by atoms with Crippen molar-refractivity contribution in [1.82, 2.24) is 10.2 Å². The van der Waals surface area contributed by atoms with Gasteiger partial charge < -0.3 is 20.7 Å². The Balaban J connectivity index is 2.66. The number of amides is 2. The number of urea groups is 1. The molecule has 0 radical (unpaired) electrons. The number of carbonyl (C=O) groups is 2. The second-order valence-electron chi connectivity index (χ2n) is 3.68. The van der Waals surface area contributed by atoms with Gasteiger partial charge in [0.05, 0.1) is 13.0 Å². The molecule has 0 saturated carbocycles. The Bertz CT molecular complexity index is 257. The average molecular weight is 215 g/mol. The molecule has 86 valence electrons. The molecule has 6 nitrogen and oxygen atoms in total. The first-order chi connectivity index (χ1) is 7.08. The average Bonchev–Trinajstić information content (AvgIpc) is 2.27. The van der Waals surface area contributed by atoms with Gasteiger partial charge in [-0.25, -0.2) is 4.79 Å². The van der Waals surface area contributed by atoms with Crippen LogP contribution in [0.2, 0.25) is 0 Å². The maximum atomic E-state index is 11.4. The number of hydrogen-bond acceptors (Lipinski definition) is 4. The van der Waals surface area contributed by atoms with Gasteiger partial charge in [-0.1, -0.05) is 0 Å². The van der Waals surface area contributed by atoms with E-state index in [2.05, 4.69) is 10.1 Å². The fraction of sp³-hybridized carbons (Fsp3) is 0.778. The van der Waals surface area contributed by atoms with E-state index in [1.807, 2.05) is 0 Å². The van der Waals surface area contributed by atoms with Crippen LogP contribution in [0.1, 0.15) is 6.42 Å². The van der Waals surface area contributed by atoms with E-state index in [1.54, 1.807) is 7.05 Å². The van der Waals surface area contributed by atoms with Crippen LogP contribution in [-0.2, 0) is 9.53 Å². The smallest absolute Gasteiger partial charge is 0.314 e. The maximum absolute atomic E-state index is 11.4. The van der Waals surface area contributed by atoms with E-state index >= 15 is 0 Å². The maximum Gasteiger partial charge on any atom is 0.314 e. The zero-order chi connectivity index (χ0) is 11.4. The topological polar surface area (TPSA) is 84.7 Å². The highest BCUT2D eigenvalue weighted by Gasteiger charge is 2.32. The van der Waals surface area contributed by atoms with Crippen molar-refractivity contribution in [2.45, 2.75) is 12.5 Å². The number of esters is 1. The Morgan fingerprint density at radius 3 is 2.60 bits per heavy atom. The Kier molecular flexibility index (Phi) is 3.90. The predicted octanol–water partition coefficient (Wildman–Crippen LogP) is -0.852. The molecular formula is C9H17N3O3. The third-order valence-corrected chi connectivity index (χ3v) is 2.71. The van der Waals surface area contributed by atoms with Gasteiger partial charge in [-0.3, -0.25) is 4.79 Å². The summed E-state index contributed by atoms with van der Waals surface area (Å²) in [4.78, 5) is 23.9. The molecule has 2 unspecified atom stereocenters. The number of hydrogen-bond donors (Lipinski definition) is 2. The van der Waals surface area contributed by atoms with Crippen molar-refractivity contribution < 1.29 is 14.3 Å². The van der Waals surface area contributed by atoms with Crippen molar-refractivity contribution in [2.24, 2.45) is 11.7 Å². The number of rotatable bonds is 2. The van der Waals surface area contributed by atoms with Crippen LogP contribution in [0.15, 0.2) is 0 Å². The summed E-state index contributed by atoms with van der Waals surface area (Å²) in [6.07, 6.45) is 0.674. The SMILES string of the molecule is CNC1CC(C(=O)OC)CN(C(N)=O)C1. The van der Waals surface area contributed by atoms with Crippen LogP contribution in [0.4, 0.5) is 4.79 Å². The van der Waals surface area contributed by atoms with Crippen molar-refractivity contribution in [1.29, 1.82) is 0 Å². The summed E-state index contributed by atoms with van der Waals surface area (Å²) in [5.41, 5.74) is 5.20. The van der Waals surface area contributed by atoms with Gasteiger partial charge >= 0.3 is 12.0 Å². The zero-order valence-corrected chi connectivity index (χ0v) is 9.03. The normalized spacial score (nSPS) is 26.1. The van der Waals surface area contributed by atoms with E-state index in [0.29, 0.717) is 19.5 Å². The summed E-state index contributed by atoms with van der Waals surface area (Å²) >= 11 is 0. The van der Waals surface area contributed by atoms with Crippen LogP contribution in [0.3, 0.4) is 0 Å². The zero-order valence-electron chi connectivity index (χ0n) is 9.03. The molecule has 0 bridgehead atoms. The fourth-order valence-electron chi connectivity index (χ4n) is 1.83. The van der Waals surface area contributed by atoms with Crippen LogP contribution < -0.4 is 11.1 Å². The lowest BCUT2D eigenvalue weighted by Crippen LogP contribution is -2.53. The number of likely N-dealkylation sites (N-methyl/N-ethyl adjacent to an activating group) is 1. The van der Waals surface area contributed by atoms with Crippen LogP contribution in [0.5, 0.6) is 0 Å². The largest absolute Gasteiger partial charge is 0.469 e. The van der Waals surface area contributed by atoms with Crippen LogP contribution in [0, 0.1) is 5.92 Å². The molecule has 1 fully saturated rings. The Morgan fingerprint density at radius 1 is 1.47 bits per heavy atom. The summed E-state index contributed by atoms with van der Waals surface area (Å²) in [5, 5.41) is 3.04. The molecule has 0 aromatic rings. The third-order valence-electron chi connectivity index (χ3n) is 2.71. The van der Waals surface area contributed by atoms with Crippen LogP contribution in [-0.4, -0.2) is 50.2 Å². The molecule has 2 amide bonds.